The first-order chi connectivity index (χ1) is 14.1. The summed E-state index contributed by atoms with van der Waals surface area (Å²) in [6.07, 6.45) is 5.04. The maximum Gasteiger partial charge on any atom is 0.344 e. The predicted octanol–water partition coefficient (Wildman–Crippen LogP) is 3.52. The Labute approximate surface area is 168 Å². The van der Waals surface area contributed by atoms with E-state index in [9.17, 15) is 4.79 Å². The summed E-state index contributed by atoms with van der Waals surface area (Å²) in [6.45, 7) is 7.92. The Morgan fingerprint density at radius 1 is 1.07 bits per heavy atom. The molecule has 0 saturated carbocycles. The van der Waals surface area contributed by atoms with Gasteiger partial charge in [-0.3, -0.25) is 4.98 Å². The molecule has 0 spiro atoms. The molecule has 4 aromatic rings. The third kappa shape index (κ3) is 3.29. The van der Waals surface area contributed by atoms with Crippen molar-refractivity contribution in [2.75, 3.05) is 31.1 Å². The van der Waals surface area contributed by atoms with E-state index in [2.05, 4.69) is 21.3 Å². The van der Waals surface area contributed by atoms with Gasteiger partial charge in [0.1, 0.15) is 5.58 Å². The number of nitrogens with zero attached hydrogens (tertiary/aromatic N) is 3. The van der Waals surface area contributed by atoms with E-state index < -0.39 is 0 Å². The van der Waals surface area contributed by atoms with Gasteiger partial charge in [-0.2, -0.15) is 0 Å². The van der Waals surface area contributed by atoms with E-state index in [0.29, 0.717) is 11.1 Å². The van der Waals surface area contributed by atoms with Crippen LogP contribution in [0, 0.1) is 13.8 Å². The highest BCUT2D eigenvalue weighted by molar-refractivity contribution is 5.85. The quantitative estimate of drug-likeness (QED) is 0.533. The van der Waals surface area contributed by atoms with Crippen LogP contribution in [0.15, 0.2) is 51.9 Å². The lowest BCUT2D eigenvalue weighted by Crippen LogP contribution is -2.27. The summed E-state index contributed by atoms with van der Waals surface area (Å²) in [4.78, 5) is 19.6. The van der Waals surface area contributed by atoms with Crippen LogP contribution in [0.25, 0.3) is 27.6 Å². The topological polar surface area (TPSA) is 62.8 Å². The Hall–Kier alpha value is -3.12. The Balaban J connectivity index is 1.57. The van der Waals surface area contributed by atoms with E-state index in [1.165, 1.54) is 0 Å². The molecule has 6 nitrogen and oxygen atoms in total. The van der Waals surface area contributed by atoms with Crippen LogP contribution < -0.4 is 15.8 Å². The van der Waals surface area contributed by atoms with E-state index in [4.69, 9.17) is 4.42 Å². The maximum absolute atomic E-state index is 12.8. The van der Waals surface area contributed by atoms with Gasteiger partial charge in [-0.15, -0.1) is 0 Å². The second kappa shape index (κ2) is 7.04. The fourth-order valence-corrected chi connectivity index (χ4v) is 4.18. The van der Waals surface area contributed by atoms with Crippen LogP contribution in [0.3, 0.4) is 0 Å². The number of hydrogen-bond donors (Lipinski definition) is 1. The van der Waals surface area contributed by atoms with Gasteiger partial charge in [-0.05, 0) is 51.1 Å². The molecule has 1 aliphatic rings. The van der Waals surface area contributed by atoms with Crippen LogP contribution in [-0.2, 0) is 0 Å². The van der Waals surface area contributed by atoms with E-state index in [0.717, 1.165) is 66.1 Å². The van der Waals surface area contributed by atoms with Crippen LogP contribution in [0.2, 0.25) is 0 Å². The Bertz CT molecular complexity index is 1260. The number of fused-ring (bicyclic) bond motifs is 2. The number of aromatic nitrogens is 2. The van der Waals surface area contributed by atoms with Gasteiger partial charge >= 0.3 is 5.63 Å². The van der Waals surface area contributed by atoms with E-state index >= 15 is 0 Å². The van der Waals surface area contributed by atoms with Gasteiger partial charge in [-0.25, -0.2) is 4.79 Å². The van der Waals surface area contributed by atoms with Crippen molar-refractivity contribution in [1.82, 2.24) is 14.7 Å². The van der Waals surface area contributed by atoms with Gasteiger partial charge in [0.05, 0.1) is 22.5 Å². The molecule has 0 aliphatic carbocycles. The summed E-state index contributed by atoms with van der Waals surface area (Å²) in [5.41, 5.74) is 5.72. The molecule has 1 aliphatic heterocycles. The monoisotopic (exact) mass is 388 g/mol. The lowest BCUT2D eigenvalue weighted by molar-refractivity contribution is 0.563. The average molecular weight is 388 g/mol. The van der Waals surface area contributed by atoms with Crippen LogP contribution in [-0.4, -0.2) is 35.6 Å². The zero-order valence-corrected chi connectivity index (χ0v) is 16.7. The SMILES string of the molecule is Cc1cn2cc(-c3cc4ccc(N5CCCNCC5)cc4oc3=O)cc2c(C)n1. The lowest BCUT2D eigenvalue weighted by Gasteiger charge is -2.22. The zero-order valence-electron chi connectivity index (χ0n) is 16.7. The largest absolute Gasteiger partial charge is 0.422 e. The molecule has 0 atom stereocenters. The van der Waals surface area contributed by atoms with Crippen LogP contribution in [0.4, 0.5) is 5.69 Å². The van der Waals surface area contributed by atoms with E-state index in [1.54, 1.807) is 0 Å². The predicted molar refractivity (Wildman–Crippen MR) is 116 cm³/mol. The number of benzene rings is 1. The van der Waals surface area contributed by atoms with E-state index in [1.807, 2.05) is 54.9 Å². The molecular formula is C23H24N4O2. The second-order valence-corrected chi connectivity index (χ2v) is 7.75. The standard InChI is InChI=1S/C23H24N4O2/c1-15-13-27-14-18(11-21(27)16(2)25-15)20-10-17-4-5-19(12-22(17)29-23(20)28)26-8-3-6-24-7-9-26/h4-5,10-14,24H,3,6-9H2,1-2H3. The molecule has 0 unspecified atom stereocenters. The van der Waals surface area contributed by atoms with Gasteiger partial charge in [0.15, 0.2) is 0 Å². The van der Waals surface area contributed by atoms with Crippen LogP contribution in [0.5, 0.6) is 0 Å². The molecule has 0 amide bonds. The Kier molecular flexibility index (Phi) is 4.36. The molecule has 6 heteroatoms. The first kappa shape index (κ1) is 17.9. The highest BCUT2D eigenvalue weighted by Gasteiger charge is 2.14. The first-order valence-corrected chi connectivity index (χ1v) is 10.1. The summed E-state index contributed by atoms with van der Waals surface area (Å²) in [5, 5.41) is 4.34. The minimum Gasteiger partial charge on any atom is -0.422 e. The smallest absolute Gasteiger partial charge is 0.344 e. The first-order valence-electron chi connectivity index (χ1n) is 10.1. The molecule has 29 heavy (non-hydrogen) atoms. The number of nitrogens with one attached hydrogen (secondary N) is 1. The van der Waals surface area contributed by atoms with Gasteiger partial charge in [-0.1, -0.05) is 0 Å². The number of rotatable bonds is 2. The number of hydrogen-bond acceptors (Lipinski definition) is 5. The fraction of sp³-hybridized carbons (Fsp3) is 0.304. The summed E-state index contributed by atoms with van der Waals surface area (Å²) in [5.74, 6) is 0. The number of anilines is 1. The van der Waals surface area contributed by atoms with Crippen LogP contribution in [0.1, 0.15) is 17.8 Å². The van der Waals surface area contributed by atoms with Crippen molar-refractivity contribution < 1.29 is 4.42 Å². The third-order valence-electron chi connectivity index (χ3n) is 5.63. The Morgan fingerprint density at radius 2 is 1.97 bits per heavy atom. The second-order valence-electron chi connectivity index (χ2n) is 7.75. The van der Waals surface area contributed by atoms with Crippen molar-refractivity contribution >= 4 is 22.2 Å². The van der Waals surface area contributed by atoms with Crippen molar-refractivity contribution in [3.8, 4) is 11.1 Å². The molecule has 1 aromatic carbocycles. The summed E-state index contributed by atoms with van der Waals surface area (Å²) in [6, 6.07) is 10.1. The third-order valence-corrected chi connectivity index (χ3v) is 5.63. The molecule has 1 N–H and O–H groups in total. The van der Waals surface area contributed by atoms with Crippen molar-refractivity contribution in [2.24, 2.45) is 0 Å². The molecule has 5 rings (SSSR count). The fourth-order valence-electron chi connectivity index (χ4n) is 4.18. The molecule has 0 radical (unpaired) electrons. The molecule has 0 bridgehead atoms. The molecule has 3 aromatic heterocycles. The van der Waals surface area contributed by atoms with Gasteiger partial charge < -0.3 is 19.0 Å². The molecular weight excluding hydrogens is 364 g/mol. The van der Waals surface area contributed by atoms with Gasteiger partial charge in [0.2, 0.25) is 0 Å². The molecule has 4 heterocycles. The van der Waals surface area contributed by atoms with Crippen molar-refractivity contribution in [1.29, 1.82) is 0 Å². The summed E-state index contributed by atoms with van der Waals surface area (Å²) >= 11 is 0. The lowest BCUT2D eigenvalue weighted by atomic mass is 10.1. The van der Waals surface area contributed by atoms with Gasteiger partial charge in [0, 0.05) is 54.7 Å². The minimum absolute atomic E-state index is 0.314. The maximum atomic E-state index is 12.8. The molecule has 148 valence electrons. The zero-order chi connectivity index (χ0) is 20.0. The average Bonchev–Trinajstić information content (AvgIpc) is 2.93. The van der Waals surface area contributed by atoms with Crippen molar-refractivity contribution in [2.45, 2.75) is 20.3 Å². The minimum atomic E-state index is -0.314. The normalized spacial score (nSPS) is 15.2. The summed E-state index contributed by atoms with van der Waals surface area (Å²) < 4.78 is 7.76. The summed E-state index contributed by atoms with van der Waals surface area (Å²) in [7, 11) is 0. The molecule has 1 saturated heterocycles. The van der Waals surface area contributed by atoms with Crippen molar-refractivity contribution in [3.05, 3.63) is 64.5 Å². The highest BCUT2D eigenvalue weighted by atomic mass is 16.4. The molecule has 1 fully saturated rings. The Morgan fingerprint density at radius 3 is 2.86 bits per heavy atom. The highest BCUT2D eigenvalue weighted by Crippen LogP contribution is 2.27. The van der Waals surface area contributed by atoms with Crippen LogP contribution >= 0.6 is 0 Å². The van der Waals surface area contributed by atoms with Crippen molar-refractivity contribution in [3.63, 3.8) is 0 Å². The van der Waals surface area contributed by atoms with E-state index in [-0.39, 0.29) is 5.63 Å². The number of aryl methyl sites for hydroxylation is 2. The van der Waals surface area contributed by atoms with Gasteiger partial charge in [0.25, 0.3) is 0 Å².